The molecule has 0 amide bonds. The van der Waals surface area contributed by atoms with Crippen LogP contribution in [0.3, 0.4) is 0 Å². The van der Waals surface area contributed by atoms with Crippen LogP contribution in [0, 0.1) is 0 Å². The van der Waals surface area contributed by atoms with Gasteiger partial charge in [-0.25, -0.2) is 0 Å². The Morgan fingerprint density at radius 2 is 1.17 bits per heavy atom. The van der Waals surface area contributed by atoms with Gasteiger partial charge in [0.2, 0.25) is 0 Å². The second-order valence-corrected chi connectivity index (χ2v) is 7.44. The second-order valence-electron chi connectivity index (χ2n) is 7.44. The molecule has 1 N–H and O–H groups in total. The van der Waals surface area contributed by atoms with E-state index in [1.165, 1.54) is 96.3 Å². The Morgan fingerprint density at radius 3 is 1.58 bits per heavy atom. The fourth-order valence-corrected chi connectivity index (χ4v) is 3.44. The van der Waals surface area contributed by atoms with E-state index in [0.717, 1.165) is 6.42 Å². The summed E-state index contributed by atoms with van der Waals surface area (Å²) >= 11 is 0. The van der Waals surface area contributed by atoms with Crippen LogP contribution in [0.5, 0.6) is 0 Å². The summed E-state index contributed by atoms with van der Waals surface area (Å²) in [7, 11) is 0. The van der Waals surface area contributed by atoms with Crippen molar-refractivity contribution in [3.63, 3.8) is 0 Å². The zero-order valence-corrected chi connectivity index (χ0v) is 16.1. The molecule has 1 rings (SSSR count). The van der Waals surface area contributed by atoms with E-state index in [9.17, 15) is 0 Å². The van der Waals surface area contributed by atoms with Gasteiger partial charge in [0.15, 0.2) is 6.29 Å². The first-order valence-corrected chi connectivity index (χ1v) is 10.7. The predicted octanol–water partition coefficient (Wildman–Crippen LogP) is 5.98. The highest BCUT2D eigenvalue weighted by atomic mass is 16.7. The molecule has 0 aromatic heterocycles. The number of ether oxygens (including phenoxy) is 2. The molecule has 2 unspecified atom stereocenters. The fourth-order valence-electron chi connectivity index (χ4n) is 3.44. The molecule has 0 aliphatic carbocycles. The summed E-state index contributed by atoms with van der Waals surface area (Å²) in [6.45, 7) is 2.92. The van der Waals surface area contributed by atoms with E-state index < -0.39 is 0 Å². The summed E-state index contributed by atoms with van der Waals surface area (Å²) in [4.78, 5) is 0. The third kappa shape index (κ3) is 12.3. The van der Waals surface area contributed by atoms with Gasteiger partial charge >= 0.3 is 0 Å². The lowest BCUT2D eigenvalue weighted by molar-refractivity contribution is -0.0701. The molecular formula is C21H42O3. The molecule has 0 saturated carbocycles. The molecule has 0 bridgehead atoms. The first-order valence-electron chi connectivity index (χ1n) is 10.7. The summed E-state index contributed by atoms with van der Waals surface area (Å²) in [5, 5.41) is 8.98. The van der Waals surface area contributed by atoms with Gasteiger partial charge in [-0.2, -0.15) is 0 Å². The van der Waals surface area contributed by atoms with Crippen LogP contribution in [-0.2, 0) is 9.47 Å². The number of rotatable bonds is 17. The lowest BCUT2D eigenvalue weighted by Crippen LogP contribution is -2.16. The minimum atomic E-state index is -0.0914. The normalized spacial score (nSPS) is 20.8. The van der Waals surface area contributed by atoms with Crippen LogP contribution in [-0.4, -0.2) is 30.7 Å². The highest BCUT2D eigenvalue weighted by Gasteiger charge is 2.24. The molecule has 1 aliphatic heterocycles. The number of unbranched alkanes of at least 4 members (excludes halogenated alkanes) is 14. The highest BCUT2D eigenvalue weighted by Crippen LogP contribution is 2.18. The Hall–Kier alpha value is -0.120. The van der Waals surface area contributed by atoms with Crippen LogP contribution in [0.4, 0.5) is 0 Å². The van der Waals surface area contributed by atoms with Crippen LogP contribution in [0.1, 0.15) is 110 Å². The Morgan fingerprint density at radius 1 is 0.708 bits per heavy atom. The average molecular weight is 343 g/mol. The SMILES string of the molecule is CCCCCCCCCCCCCCCCCC1OCC(CO)O1. The van der Waals surface area contributed by atoms with Crippen molar-refractivity contribution in [1.29, 1.82) is 0 Å². The molecule has 144 valence electrons. The molecule has 0 aromatic rings. The van der Waals surface area contributed by atoms with Crippen LogP contribution in [0.2, 0.25) is 0 Å². The van der Waals surface area contributed by atoms with Crippen molar-refractivity contribution in [3.8, 4) is 0 Å². The molecule has 3 heteroatoms. The molecule has 1 heterocycles. The van der Waals surface area contributed by atoms with E-state index in [1.807, 2.05) is 0 Å². The van der Waals surface area contributed by atoms with Gasteiger partial charge in [-0.15, -0.1) is 0 Å². The van der Waals surface area contributed by atoms with Gasteiger partial charge in [-0.3, -0.25) is 0 Å². The van der Waals surface area contributed by atoms with E-state index in [4.69, 9.17) is 14.6 Å². The third-order valence-corrected chi connectivity index (χ3v) is 5.06. The molecule has 24 heavy (non-hydrogen) atoms. The van der Waals surface area contributed by atoms with Crippen molar-refractivity contribution in [2.75, 3.05) is 13.2 Å². The summed E-state index contributed by atoms with van der Waals surface area (Å²) in [6, 6.07) is 0. The molecule has 3 nitrogen and oxygen atoms in total. The Balaban J connectivity index is 1.69. The minimum absolute atomic E-state index is 0.0656. The average Bonchev–Trinajstić information content (AvgIpc) is 3.06. The third-order valence-electron chi connectivity index (χ3n) is 5.06. The van der Waals surface area contributed by atoms with Crippen LogP contribution < -0.4 is 0 Å². The molecule has 1 fully saturated rings. The van der Waals surface area contributed by atoms with Gasteiger partial charge in [0, 0.05) is 0 Å². The molecule has 1 aliphatic rings. The second kappa shape index (κ2) is 16.4. The van der Waals surface area contributed by atoms with Crippen molar-refractivity contribution in [2.45, 2.75) is 122 Å². The van der Waals surface area contributed by atoms with Crippen molar-refractivity contribution in [1.82, 2.24) is 0 Å². The molecule has 0 spiro atoms. The number of hydrogen-bond acceptors (Lipinski definition) is 3. The zero-order chi connectivity index (χ0) is 17.3. The minimum Gasteiger partial charge on any atom is -0.394 e. The Labute approximate surface area is 150 Å². The van der Waals surface area contributed by atoms with Gasteiger partial charge in [-0.1, -0.05) is 96.8 Å². The summed E-state index contributed by atoms with van der Waals surface area (Å²) in [5.41, 5.74) is 0. The number of aliphatic hydroxyl groups excluding tert-OH is 1. The fraction of sp³-hybridized carbons (Fsp3) is 1.00. The van der Waals surface area contributed by atoms with Crippen molar-refractivity contribution in [2.24, 2.45) is 0 Å². The first kappa shape index (κ1) is 21.9. The van der Waals surface area contributed by atoms with Gasteiger partial charge in [-0.05, 0) is 12.8 Å². The molecule has 0 aromatic carbocycles. The van der Waals surface area contributed by atoms with Crippen LogP contribution in [0.15, 0.2) is 0 Å². The monoisotopic (exact) mass is 342 g/mol. The van der Waals surface area contributed by atoms with Gasteiger partial charge in [0.05, 0.1) is 13.2 Å². The highest BCUT2D eigenvalue weighted by molar-refractivity contribution is 4.64. The summed E-state index contributed by atoms with van der Waals surface area (Å²) in [5.74, 6) is 0. The zero-order valence-electron chi connectivity index (χ0n) is 16.1. The quantitative estimate of drug-likeness (QED) is 0.330. The van der Waals surface area contributed by atoms with E-state index in [0.29, 0.717) is 6.61 Å². The molecule has 0 radical (unpaired) electrons. The summed E-state index contributed by atoms with van der Waals surface area (Å²) < 4.78 is 11.1. The van der Waals surface area contributed by atoms with Crippen molar-refractivity contribution < 1.29 is 14.6 Å². The van der Waals surface area contributed by atoms with Crippen molar-refractivity contribution in [3.05, 3.63) is 0 Å². The van der Waals surface area contributed by atoms with Crippen molar-refractivity contribution >= 4 is 0 Å². The van der Waals surface area contributed by atoms with E-state index in [2.05, 4.69) is 6.92 Å². The van der Waals surface area contributed by atoms with E-state index in [1.54, 1.807) is 0 Å². The first-order chi connectivity index (χ1) is 11.9. The maximum absolute atomic E-state index is 8.98. The number of hydrogen-bond donors (Lipinski definition) is 1. The molecular weight excluding hydrogens is 300 g/mol. The van der Waals surface area contributed by atoms with Crippen LogP contribution >= 0.6 is 0 Å². The van der Waals surface area contributed by atoms with Gasteiger partial charge in [0.1, 0.15) is 6.10 Å². The van der Waals surface area contributed by atoms with Gasteiger partial charge in [0.25, 0.3) is 0 Å². The maximum Gasteiger partial charge on any atom is 0.158 e. The smallest absolute Gasteiger partial charge is 0.158 e. The standard InChI is InChI=1S/C21H42O3/c1-2-3-4-5-6-7-8-9-10-11-12-13-14-15-16-17-21-23-19-20(18-22)24-21/h20-22H,2-19H2,1H3. The summed E-state index contributed by atoms with van der Waals surface area (Å²) in [6.07, 6.45) is 21.7. The lowest BCUT2D eigenvalue weighted by atomic mass is 10.0. The Kier molecular flexibility index (Phi) is 14.9. The molecule has 1 saturated heterocycles. The Bertz CT molecular complexity index is 257. The lowest BCUT2D eigenvalue weighted by Gasteiger charge is -2.09. The molecule has 2 atom stereocenters. The predicted molar refractivity (Wildman–Crippen MR) is 101 cm³/mol. The largest absolute Gasteiger partial charge is 0.394 e. The maximum atomic E-state index is 8.98. The van der Waals surface area contributed by atoms with E-state index >= 15 is 0 Å². The van der Waals surface area contributed by atoms with Gasteiger partial charge < -0.3 is 14.6 Å². The van der Waals surface area contributed by atoms with Crippen LogP contribution in [0.25, 0.3) is 0 Å². The topological polar surface area (TPSA) is 38.7 Å². The van der Waals surface area contributed by atoms with E-state index in [-0.39, 0.29) is 19.0 Å². The number of aliphatic hydroxyl groups is 1.